The van der Waals surface area contributed by atoms with Crippen molar-refractivity contribution in [1.82, 2.24) is 14.5 Å². The third-order valence-corrected chi connectivity index (χ3v) is 14.5. The van der Waals surface area contributed by atoms with Gasteiger partial charge in [-0.3, -0.25) is 9.36 Å². The molecule has 2 heterocycles. The summed E-state index contributed by atoms with van der Waals surface area (Å²) in [6.07, 6.45) is 1.74. The van der Waals surface area contributed by atoms with E-state index in [1.54, 1.807) is 31.0 Å². The van der Waals surface area contributed by atoms with Gasteiger partial charge in [-0.1, -0.05) is 89.4 Å². The topological polar surface area (TPSA) is 69.0 Å². The molecule has 40 heavy (non-hydrogen) atoms. The molecule has 4 aromatic rings. The highest BCUT2D eigenvalue weighted by molar-refractivity contribution is 6.90. The third-order valence-electron chi connectivity index (χ3n) is 7.89. The summed E-state index contributed by atoms with van der Waals surface area (Å²) in [6.45, 7) is 13.6. The van der Waals surface area contributed by atoms with E-state index in [4.69, 9.17) is 21.3 Å². The second kappa shape index (κ2) is 11.9. The molecule has 0 amide bonds. The van der Waals surface area contributed by atoms with Crippen LogP contribution in [0.3, 0.4) is 0 Å². The number of para-hydroxylation sites is 2. The number of hydrogen-bond donors (Lipinski definition) is 1. The van der Waals surface area contributed by atoms with Gasteiger partial charge >= 0.3 is 0 Å². The van der Waals surface area contributed by atoms with Crippen molar-refractivity contribution >= 4 is 42.3 Å². The molecule has 2 aromatic carbocycles. The maximum Gasteiger partial charge on any atom is 0.261 e. The maximum atomic E-state index is 14.0. The molecule has 2 aromatic heterocycles. The first-order valence-electron chi connectivity index (χ1n) is 13.6. The van der Waals surface area contributed by atoms with Gasteiger partial charge in [-0.15, -0.1) is 5.54 Å². The van der Waals surface area contributed by atoms with Gasteiger partial charge in [0.2, 0.25) is 5.95 Å². The summed E-state index contributed by atoms with van der Waals surface area (Å²) in [5, 5.41) is 4.43. The summed E-state index contributed by atoms with van der Waals surface area (Å²) < 4.78 is 7.01. The average Bonchev–Trinajstić information content (AvgIpc) is 2.92. The van der Waals surface area contributed by atoms with Crippen molar-refractivity contribution in [3.8, 4) is 28.3 Å². The van der Waals surface area contributed by atoms with Crippen LogP contribution in [0, 0.1) is 11.5 Å². The summed E-state index contributed by atoms with van der Waals surface area (Å²) in [6, 6.07) is 14.9. The van der Waals surface area contributed by atoms with Gasteiger partial charge in [0.1, 0.15) is 19.5 Å². The lowest BCUT2D eigenvalue weighted by Gasteiger charge is -2.38. The van der Waals surface area contributed by atoms with Gasteiger partial charge in [-0.05, 0) is 34.8 Å². The zero-order valence-electron chi connectivity index (χ0n) is 24.5. The molecule has 4 rings (SSSR count). The van der Waals surface area contributed by atoms with Crippen molar-refractivity contribution < 1.29 is 4.74 Å². The van der Waals surface area contributed by atoms with E-state index in [2.05, 4.69) is 63.3 Å². The van der Waals surface area contributed by atoms with Crippen LogP contribution in [0.5, 0.6) is 5.75 Å². The van der Waals surface area contributed by atoms with Crippen molar-refractivity contribution in [3.05, 3.63) is 75.7 Å². The molecule has 0 saturated carbocycles. The largest absolute Gasteiger partial charge is 0.495 e. The third kappa shape index (κ3) is 5.26. The van der Waals surface area contributed by atoms with E-state index in [1.807, 2.05) is 42.5 Å². The Labute approximate surface area is 242 Å². The Balaban J connectivity index is 2.04. The van der Waals surface area contributed by atoms with Crippen LogP contribution in [-0.2, 0) is 7.05 Å². The molecular formula is C32H37ClN4O2Si. The van der Waals surface area contributed by atoms with Gasteiger partial charge in [-0.25, -0.2) is 4.98 Å². The molecule has 1 N–H and O–H groups in total. The average molecular weight is 573 g/mol. The van der Waals surface area contributed by atoms with Crippen LogP contribution in [0.1, 0.15) is 47.1 Å². The van der Waals surface area contributed by atoms with Crippen LogP contribution in [-0.4, -0.2) is 29.7 Å². The van der Waals surface area contributed by atoms with Crippen LogP contribution >= 0.6 is 11.6 Å². The van der Waals surface area contributed by atoms with Crippen LogP contribution in [0.2, 0.25) is 21.6 Å². The molecule has 0 aliphatic rings. The van der Waals surface area contributed by atoms with Crippen LogP contribution in [0.4, 0.5) is 11.6 Å². The Bertz CT molecular complexity index is 1650. The second-order valence-corrected chi connectivity index (χ2v) is 17.0. The predicted octanol–water partition coefficient (Wildman–Crippen LogP) is 7.97. The minimum atomic E-state index is -2.11. The molecule has 8 heteroatoms. The number of methoxy groups -OCH3 is 1. The standard InChI is InChI=1S/C32H37ClN4O2Si/c1-20(2)40(21(3)4,22(5)6)18-17-23-25-19-34-32(35-27-15-11-12-16-28(27)39-8)36-30(25)37(7)31(38)29(23)24-13-9-10-14-26(24)33/h9-16,19-22H,1-8H3,(H,34,35,36). The minimum Gasteiger partial charge on any atom is -0.495 e. The Hall–Kier alpha value is -3.60. The van der Waals surface area contributed by atoms with Crippen molar-refractivity contribution in [2.75, 3.05) is 12.4 Å². The van der Waals surface area contributed by atoms with Gasteiger partial charge in [0.25, 0.3) is 5.56 Å². The number of halogens is 1. The lowest BCUT2D eigenvalue weighted by Crippen LogP contribution is -2.43. The van der Waals surface area contributed by atoms with Gasteiger partial charge in [0, 0.05) is 29.4 Å². The monoisotopic (exact) mass is 572 g/mol. The Morgan fingerprint density at radius 3 is 2.23 bits per heavy atom. The first kappa shape index (κ1) is 29.4. The number of aromatic nitrogens is 3. The molecule has 0 fully saturated rings. The molecule has 0 spiro atoms. The fraction of sp³-hybridized carbons (Fsp3) is 0.344. The van der Waals surface area contributed by atoms with E-state index in [-0.39, 0.29) is 5.56 Å². The van der Waals surface area contributed by atoms with Crippen LogP contribution < -0.4 is 15.6 Å². The molecule has 0 aliphatic carbocycles. The summed E-state index contributed by atoms with van der Waals surface area (Å²) in [7, 11) is 1.22. The van der Waals surface area contributed by atoms with Crippen LogP contribution in [0.25, 0.3) is 22.2 Å². The van der Waals surface area contributed by atoms with E-state index < -0.39 is 8.07 Å². The number of hydrogen-bond acceptors (Lipinski definition) is 5. The lowest BCUT2D eigenvalue weighted by atomic mass is 9.99. The number of rotatable bonds is 7. The van der Waals surface area contributed by atoms with Gasteiger partial charge in [0.15, 0.2) is 0 Å². The summed E-state index contributed by atoms with van der Waals surface area (Å²) in [4.78, 5) is 23.4. The van der Waals surface area contributed by atoms with E-state index in [0.29, 0.717) is 61.1 Å². The first-order valence-corrected chi connectivity index (χ1v) is 16.2. The van der Waals surface area contributed by atoms with Gasteiger partial charge < -0.3 is 10.1 Å². The predicted molar refractivity (Wildman–Crippen MR) is 169 cm³/mol. The number of anilines is 2. The minimum absolute atomic E-state index is 0.210. The zero-order chi connectivity index (χ0) is 29.2. The maximum absolute atomic E-state index is 14.0. The number of aryl methyl sites for hydroxylation is 1. The number of pyridine rings is 1. The van der Waals surface area contributed by atoms with E-state index in [9.17, 15) is 4.79 Å². The van der Waals surface area contributed by atoms with Crippen molar-refractivity contribution in [1.29, 1.82) is 0 Å². The van der Waals surface area contributed by atoms with E-state index in [0.717, 1.165) is 5.69 Å². The highest BCUT2D eigenvalue weighted by Gasteiger charge is 2.41. The first-order chi connectivity index (χ1) is 19.0. The lowest BCUT2D eigenvalue weighted by molar-refractivity contribution is 0.417. The smallest absolute Gasteiger partial charge is 0.261 e. The number of nitrogens with zero attached hydrogens (tertiary/aromatic N) is 3. The molecule has 6 nitrogen and oxygen atoms in total. The number of benzene rings is 2. The molecule has 0 aliphatic heterocycles. The van der Waals surface area contributed by atoms with Crippen molar-refractivity contribution in [3.63, 3.8) is 0 Å². The number of fused-ring (bicyclic) bond motifs is 1. The Morgan fingerprint density at radius 1 is 0.975 bits per heavy atom. The van der Waals surface area contributed by atoms with Crippen LogP contribution in [0.15, 0.2) is 59.5 Å². The van der Waals surface area contributed by atoms with Crippen molar-refractivity contribution in [2.24, 2.45) is 7.05 Å². The Morgan fingerprint density at radius 2 is 1.60 bits per heavy atom. The molecule has 0 unspecified atom stereocenters. The zero-order valence-corrected chi connectivity index (χ0v) is 26.2. The number of ether oxygens (including phenoxy) is 1. The fourth-order valence-electron chi connectivity index (χ4n) is 5.89. The van der Waals surface area contributed by atoms with Gasteiger partial charge in [0.05, 0.1) is 23.7 Å². The van der Waals surface area contributed by atoms with Crippen molar-refractivity contribution in [2.45, 2.75) is 58.2 Å². The molecule has 208 valence electrons. The van der Waals surface area contributed by atoms with Gasteiger partial charge in [-0.2, -0.15) is 4.98 Å². The Kier molecular flexibility index (Phi) is 8.72. The SMILES string of the molecule is COc1ccccc1Nc1ncc2c(C#C[Si](C(C)C)(C(C)C)C(C)C)c(-c3ccccc3Cl)c(=O)n(C)c2n1. The molecule has 0 saturated heterocycles. The normalized spacial score (nSPS) is 11.7. The fourth-order valence-corrected chi connectivity index (χ4v) is 11.3. The van der Waals surface area contributed by atoms with E-state index >= 15 is 0 Å². The molecule has 0 atom stereocenters. The quantitative estimate of drug-likeness (QED) is 0.180. The molecular weight excluding hydrogens is 536 g/mol. The molecule has 0 bridgehead atoms. The summed E-state index contributed by atoms with van der Waals surface area (Å²) in [5.41, 5.74) is 7.86. The highest BCUT2D eigenvalue weighted by Crippen LogP contribution is 2.41. The van der Waals surface area contributed by atoms with E-state index in [1.165, 1.54) is 0 Å². The number of nitrogens with one attached hydrogen (secondary N) is 1. The summed E-state index contributed by atoms with van der Waals surface area (Å²) in [5.74, 6) is 4.56. The highest BCUT2D eigenvalue weighted by atomic mass is 35.5. The molecule has 0 radical (unpaired) electrons. The summed E-state index contributed by atoms with van der Waals surface area (Å²) >= 11 is 6.65. The second-order valence-electron chi connectivity index (χ2n) is 11.0.